The molecular formula is C20H16ClN5O2S. The Morgan fingerprint density at radius 1 is 0.793 bits per heavy atom. The van der Waals surface area contributed by atoms with Crippen molar-refractivity contribution in [3.8, 4) is 0 Å². The SMILES string of the molecule is O=C(NNC(=S)Nc1ccc(Cl)cc1)c1ccc(NC(=O)c2cccnc2)cc1. The fourth-order valence-corrected chi connectivity index (χ4v) is 2.58. The van der Waals surface area contributed by atoms with Gasteiger partial charge in [0.2, 0.25) is 0 Å². The van der Waals surface area contributed by atoms with E-state index in [-0.39, 0.29) is 16.9 Å². The number of thiocarbonyl (C=S) groups is 1. The number of rotatable bonds is 4. The molecule has 0 saturated carbocycles. The molecule has 1 aromatic heterocycles. The Bertz CT molecular complexity index is 1010. The minimum Gasteiger partial charge on any atom is -0.331 e. The molecular weight excluding hydrogens is 410 g/mol. The molecule has 146 valence electrons. The summed E-state index contributed by atoms with van der Waals surface area (Å²) >= 11 is 11.0. The minimum absolute atomic E-state index is 0.223. The molecule has 0 saturated heterocycles. The fraction of sp³-hybridized carbons (Fsp3) is 0. The first kappa shape index (κ1) is 20.2. The molecule has 0 atom stereocenters. The van der Waals surface area contributed by atoms with Crippen molar-refractivity contribution in [1.29, 1.82) is 0 Å². The van der Waals surface area contributed by atoms with Crippen molar-refractivity contribution in [3.05, 3.63) is 89.2 Å². The number of anilines is 2. The first-order valence-corrected chi connectivity index (χ1v) is 9.24. The number of hydrazine groups is 1. The topological polar surface area (TPSA) is 95.1 Å². The summed E-state index contributed by atoms with van der Waals surface area (Å²) in [5.41, 5.74) is 7.25. The Kier molecular flexibility index (Phi) is 6.72. The van der Waals surface area contributed by atoms with Gasteiger partial charge >= 0.3 is 0 Å². The molecule has 3 rings (SSSR count). The van der Waals surface area contributed by atoms with E-state index < -0.39 is 0 Å². The summed E-state index contributed by atoms with van der Waals surface area (Å²) in [6, 6.07) is 16.8. The second-order valence-electron chi connectivity index (χ2n) is 5.81. The molecule has 3 aromatic rings. The standard InChI is InChI=1S/C20H16ClN5O2S/c21-15-5-9-17(10-6-15)24-20(29)26-25-19(28)13-3-7-16(8-4-13)23-18(27)14-2-1-11-22-12-14/h1-12H,(H,23,27)(H,25,28)(H2,24,26,29). The van der Waals surface area contributed by atoms with E-state index in [9.17, 15) is 9.59 Å². The van der Waals surface area contributed by atoms with Crippen molar-refractivity contribution in [2.24, 2.45) is 0 Å². The van der Waals surface area contributed by atoms with Gasteiger partial charge < -0.3 is 10.6 Å². The third kappa shape index (κ3) is 6.00. The van der Waals surface area contributed by atoms with Crippen LogP contribution in [0.4, 0.5) is 11.4 Å². The van der Waals surface area contributed by atoms with Crippen molar-refractivity contribution in [2.45, 2.75) is 0 Å². The molecule has 4 N–H and O–H groups in total. The molecule has 2 aromatic carbocycles. The van der Waals surface area contributed by atoms with E-state index in [0.717, 1.165) is 5.69 Å². The number of carbonyl (C=O) groups excluding carboxylic acids is 2. The molecule has 0 spiro atoms. The van der Waals surface area contributed by atoms with Crippen molar-refractivity contribution < 1.29 is 9.59 Å². The number of hydrogen-bond acceptors (Lipinski definition) is 4. The summed E-state index contributed by atoms with van der Waals surface area (Å²) in [6.45, 7) is 0. The van der Waals surface area contributed by atoms with Gasteiger partial charge in [-0.05, 0) is 72.9 Å². The number of halogens is 1. The van der Waals surface area contributed by atoms with Gasteiger partial charge in [0.05, 0.1) is 5.56 Å². The van der Waals surface area contributed by atoms with Crippen LogP contribution in [-0.2, 0) is 0 Å². The van der Waals surface area contributed by atoms with Crippen LogP contribution in [0.2, 0.25) is 5.02 Å². The van der Waals surface area contributed by atoms with Gasteiger partial charge in [0.25, 0.3) is 11.8 Å². The average molecular weight is 426 g/mol. The second-order valence-corrected chi connectivity index (χ2v) is 6.66. The summed E-state index contributed by atoms with van der Waals surface area (Å²) in [6.07, 6.45) is 3.07. The van der Waals surface area contributed by atoms with Gasteiger partial charge in [-0.3, -0.25) is 25.4 Å². The fourth-order valence-electron chi connectivity index (χ4n) is 2.29. The number of nitrogens with one attached hydrogen (secondary N) is 4. The molecule has 0 unspecified atom stereocenters. The summed E-state index contributed by atoms with van der Waals surface area (Å²) < 4.78 is 0. The highest BCUT2D eigenvalue weighted by atomic mass is 35.5. The zero-order valence-corrected chi connectivity index (χ0v) is 16.6. The first-order valence-electron chi connectivity index (χ1n) is 8.45. The van der Waals surface area contributed by atoms with Gasteiger partial charge in [-0.15, -0.1) is 0 Å². The van der Waals surface area contributed by atoms with Gasteiger partial charge in [0, 0.05) is 34.4 Å². The second kappa shape index (κ2) is 9.63. The largest absolute Gasteiger partial charge is 0.331 e. The number of pyridine rings is 1. The number of hydrogen-bond donors (Lipinski definition) is 4. The van der Waals surface area contributed by atoms with Crippen LogP contribution in [0.15, 0.2) is 73.1 Å². The van der Waals surface area contributed by atoms with Crippen LogP contribution >= 0.6 is 23.8 Å². The molecule has 1 heterocycles. The lowest BCUT2D eigenvalue weighted by atomic mass is 10.2. The van der Waals surface area contributed by atoms with Crippen LogP contribution in [0.1, 0.15) is 20.7 Å². The van der Waals surface area contributed by atoms with Crippen molar-refractivity contribution in [3.63, 3.8) is 0 Å². The molecule has 0 bridgehead atoms. The molecule has 0 fully saturated rings. The lowest BCUT2D eigenvalue weighted by Crippen LogP contribution is -2.43. The Hall–Kier alpha value is -3.49. The van der Waals surface area contributed by atoms with Gasteiger partial charge in [0.15, 0.2) is 5.11 Å². The Morgan fingerprint density at radius 3 is 2.10 bits per heavy atom. The van der Waals surface area contributed by atoms with E-state index in [2.05, 4.69) is 26.5 Å². The highest BCUT2D eigenvalue weighted by molar-refractivity contribution is 7.80. The van der Waals surface area contributed by atoms with Crippen LogP contribution in [0.3, 0.4) is 0 Å². The van der Waals surface area contributed by atoms with Gasteiger partial charge in [0.1, 0.15) is 0 Å². The Labute approximate surface area is 177 Å². The summed E-state index contributed by atoms with van der Waals surface area (Å²) in [5.74, 6) is -0.661. The van der Waals surface area contributed by atoms with E-state index in [1.54, 1.807) is 66.9 Å². The third-order valence-corrected chi connectivity index (χ3v) is 4.18. The minimum atomic E-state index is -0.379. The van der Waals surface area contributed by atoms with E-state index in [1.165, 1.54) is 6.20 Å². The normalized spacial score (nSPS) is 9.97. The third-order valence-electron chi connectivity index (χ3n) is 3.72. The number of benzene rings is 2. The van der Waals surface area contributed by atoms with Crippen molar-refractivity contribution in [1.82, 2.24) is 15.8 Å². The molecule has 0 aliphatic carbocycles. The zero-order chi connectivity index (χ0) is 20.6. The van der Waals surface area contributed by atoms with Crippen molar-refractivity contribution >= 4 is 52.1 Å². The summed E-state index contributed by atoms with van der Waals surface area (Å²) in [4.78, 5) is 28.2. The lowest BCUT2D eigenvalue weighted by molar-refractivity contribution is 0.0943. The van der Waals surface area contributed by atoms with Crippen molar-refractivity contribution in [2.75, 3.05) is 10.6 Å². The molecule has 7 nitrogen and oxygen atoms in total. The van der Waals surface area contributed by atoms with E-state index in [4.69, 9.17) is 23.8 Å². The van der Waals surface area contributed by atoms with E-state index in [0.29, 0.717) is 21.8 Å². The maximum Gasteiger partial charge on any atom is 0.269 e. The number of nitrogens with zero attached hydrogens (tertiary/aromatic N) is 1. The molecule has 0 aliphatic rings. The van der Waals surface area contributed by atoms with Crippen LogP contribution in [0.5, 0.6) is 0 Å². The lowest BCUT2D eigenvalue weighted by Gasteiger charge is -2.12. The van der Waals surface area contributed by atoms with Gasteiger partial charge in [-0.25, -0.2) is 0 Å². The quantitative estimate of drug-likeness (QED) is 0.376. The molecule has 0 aliphatic heterocycles. The summed E-state index contributed by atoms with van der Waals surface area (Å²) in [7, 11) is 0. The smallest absolute Gasteiger partial charge is 0.269 e. The first-order chi connectivity index (χ1) is 14.0. The zero-order valence-electron chi connectivity index (χ0n) is 15.0. The highest BCUT2D eigenvalue weighted by Gasteiger charge is 2.08. The van der Waals surface area contributed by atoms with Crippen LogP contribution in [0.25, 0.3) is 0 Å². The average Bonchev–Trinajstić information content (AvgIpc) is 2.75. The van der Waals surface area contributed by atoms with E-state index >= 15 is 0 Å². The van der Waals surface area contributed by atoms with Crippen LogP contribution in [-0.4, -0.2) is 21.9 Å². The highest BCUT2D eigenvalue weighted by Crippen LogP contribution is 2.13. The molecule has 29 heavy (non-hydrogen) atoms. The number of aromatic nitrogens is 1. The monoisotopic (exact) mass is 425 g/mol. The molecule has 9 heteroatoms. The maximum absolute atomic E-state index is 12.2. The number of carbonyl (C=O) groups is 2. The van der Waals surface area contributed by atoms with Gasteiger partial charge in [-0.1, -0.05) is 11.6 Å². The predicted molar refractivity (Wildman–Crippen MR) is 117 cm³/mol. The van der Waals surface area contributed by atoms with Crippen LogP contribution in [0, 0.1) is 0 Å². The van der Waals surface area contributed by atoms with Crippen LogP contribution < -0.4 is 21.5 Å². The molecule has 2 amide bonds. The van der Waals surface area contributed by atoms with Gasteiger partial charge in [-0.2, -0.15) is 0 Å². The maximum atomic E-state index is 12.2. The predicted octanol–water partition coefficient (Wildman–Crippen LogP) is 3.62. The summed E-state index contributed by atoms with van der Waals surface area (Å²) in [5, 5.41) is 6.49. The number of amides is 2. The Morgan fingerprint density at radius 2 is 1.45 bits per heavy atom. The van der Waals surface area contributed by atoms with E-state index in [1.807, 2.05) is 0 Å². The Balaban J connectivity index is 1.50. The molecule has 0 radical (unpaired) electrons.